The minimum atomic E-state index is -0.157. The molecule has 1 unspecified atom stereocenters. The van der Waals surface area contributed by atoms with Crippen molar-refractivity contribution < 1.29 is 8.81 Å². The fourth-order valence-corrected chi connectivity index (χ4v) is 2.43. The fraction of sp³-hybridized carbons (Fsp3) is 0.222. The summed E-state index contributed by atoms with van der Waals surface area (Å²) in [6, 6.07) is 13.4. The average Bonchev–Trinajstić information content (AvgIpc) is 2.91. The van der Waals surface area contributed by atoms with Crippen LogP contribution in [0.25, 0.3) is 11.0 Å². The normalized spacial score (nSPS) is 12.7. The molecule has 0 aliphatic carbocycles. The third kappa shape index (κ3) is 2.83. The van der Waals surface area contributed by atoms with Gasteiger partial charge >= 0.3 is 0 Å². The Morgan fingerprint density at radius 1 is 1.19 bits per heavy atom. The minimum absolute atomic E-state index is 0.0776. The lowest BCUT2D eigenvalue weighted by atomic mass is 10.1. The number of furan rings is 1. The van der Waals surface area contributed by atoms with E-state index in [4.69, 9.17) is 4.42 Å². The van der Waals surface area contributed by atoms with Gasteiger partial charge in [-0.25, -0.2) is 4.39 Å². The number of benzene rings is 2. The quantitative estimate of drug-likeness (QED) is 0.748. The van der Waals surface area contributed by atoms with Crippen molar-refractivity contribution in [1.29, 1.82) is 0 Å². The number of rotatable bonds is 4. The second-order valence-corrected chi connectivity index (χ2v) is 5.37. The van der Waals surface area contributed by atoms with E-state index in [2.05, 4.69) is 5.32 Å². The van der Waals surface area contributed by atoms with Gasteiger partial charge < -0.3 is 9.73 Å². The van der Waals surface area contributed by atoms with Crippen LogP contribution in [0, 0.1) is 12.7 Å². The standard InChI is InChI=1S/C18H18FNO/c1-12-7-8-14(9-17(12)19)13(2)20-10-15-11-21-18-6-4-3-5-16(15)18/h3-9,11,13,20H,10H2,1-2H3. The van der Waals surface area contributed by atoms with Gasteiger partial charge in [0.2, 0.25) is 0 Å². The van der Waals surface area contributed by atoms with Crippen LogP contribution in [0.1, 0.15) is 29.7 Å². The van der Waals surface area contributed by atoms with Crippen LogP contribution < -0.4 is 5.32 Å². The molecule has 3 rings (SSSR count). The Hall–Kier alpha value is -2.13. The molecule has 21 heavy (non-hydrogen) atoms. The SMILES string of the molecule is Cc1ccc(C(C)NCc2coc3ccccc23)cc1F. The van der Waals surface area contributed by atoms with Crippen LogP contribution in [0.4, 0.5) is 4.39 Å². The Morgan fingerprint density at radius 3 is 2.81 bits per heavy atom. The smallest absolute Gasteiger partial charge is 0.134 e. The first-order chi connectivity index (χ1) is 10.1. The van der Waals surface area contributed by atoms with Gasteiger partial charge in [-0.15, -0.1) is 0 Å². The van der Waals surface area contributed by atoms with Gasteiger partial charge in [0.15, 0.2) is 0 Å². The molecule has 3 heteroatoms. The third-order valence-corrected chi connectivity index (χ3v) is 3.86. The summed E-state index contributed by atoms with van der Waals surface area (Å²) in [6.45, 7) is 4.49. The molecule has 0 aliphatic rings. The molecule has 0 aliphatic heterocycles. The van der Waals surface area contributed by atoms with Gasteiger partial charge in [-0.3, -0.25) is 0 Å². The molecular formula is C18H18FNO. The Morgan fingerprint density at radius 2 is 2.00 bits per heavy atom. The van der Waals surface area contributed by atoms with Crippen molar-refractivity contribution in [3.05, 3.63) is 71.2 Å². The summed E-state index contributed by atoms with van der Waals surface area (Å²) >= 11 is 0. The molecule has 0 bridgehead atoms. The van der Waals surface area contributed by atoms with Crippen LogP contribution in [-0.2, 0) is 6.54 Å². The molecule has 3 aromatic rings. The van der Waals surface area contributed by atoms with Crippen molar-refractivity contribution >= 4 is 11.0 Å². The summed E-state index contributed by atoms with van der Waals surface area (Å²) in [5.41, 5.74) is 3.63. The first kappa shape index (κ1) is 13.8. The van der Waals surface area contributed by atoms with Crippen molar-refractivity contribution in [2.24, 2.45) is 0 Å². The average molecular weight is 283 g/mol. The van der Waals surface area contributed by atoms with Crippen LogP contribution in [0.5, 0.6) is 0 Å². The van der Waals surface area contributed by atoms with Crippen molar-refractivity contribution in [2.45, 2.75) is 26.4 Å². The minimum Gasteiger partial charge on any atom is -0.464 e. The second-order valence-electron chi connectivity index (χ2n) is 5.37. The van der Waals surface area contributed by atoms with E-state index in [0.29, 0.717) is 12.1 Å². The van der Waals surface area contributed by atoms with Gasteiger partial charge in [-0.2, -0.15) is 0 Å². The van der Waals surface area contributed by atoms with Crippen LogP contribution in [-0.4, -0.2) is 0 Å². The highest BCUT2D eigenvalue weighted by molar-refractivity contribution is 5.80. The van der Waals surface area contributed by atoms with Gasteiger partial charge in [-0.05, 0) is 37.1 Å². The molecule has 0 saturated carbocycles. The number of nitrogens with one attached hydrogen (secondary N) is 1. The summed E-state index contributed by atoms with van der Waals surface area (Å²) in [5, 5.41) is 4.53. The van der Waals surface area contributed by atoms with Gasteiger partial charge in [-0.1, -0.05) is 30.3 Å². The van der Waals surface area contributed by atoms with E-state index in [1.54, 1.807) is 19.3 Å². The lowest BCUT2D eigenvalue weighted by Crippen LogP contribution is -2.18. The highest BCUT2D eigenvalue weighted by Gasteiger charge is 2.10. The van der Waals surface area contributed by atoms with E-state index >= 15 is 0 Å². The molecular weight excluding hydrogens is 265 g/mol. The largest absolute Gasteiger partial charge is 0.464 e. The zero-order valence-electron chi connectivity index (χ0n) is 12.2. The molecule has 0 spiro atoms. The van der Waals surface area contributed by atoms with E-state index in [1.165, 1.54) is 0 Å². The molecule has 1 atom stereocenters. The van der Waals surface area contributed by atoms with E-state index < -0.39 is 0 Å². The van der Waals surface area contributed by atoms with Crippen molar-refractivity contribution in [3.8, 4) is 0 Å². The lowest BCUT2D eigenvalue weighted by molar-refractivity contribution is 0.555. The molecule has 2 nitrogen and oxygen atoms in total. The fourth-order valence-electron chi connectivity index (χ4n) is 2.43. The topological polar surface area (TPSA) is 25.2 Å². The van der Waals surface area contributed by atoms with E-state index in [1.807, 2.05) is 43.3 Å². The number of hydrogen-bond donors (Lipinski definition) is 1. The van der Waals surface area contributed by atoms with Gasteiger partial charge in [0.1, 0.15) is 11.4 Å². The molecule has 0 amide bonds. The van der Waals surface area contributed by atoms with Gasteiger partial charge in [0.25, 0.3) is 0 Å². The summed E-state index contributed by atoms with van der Waals surface area (Å²) in [6.07, 6.45) is 1.78. The van der Waals surface area contributed by atoms with Crippen LogP contribution in [0.3, 0.4) is 0 Å². The number of hydrogen-bond acceptors (Lipinski definition) is 2. The predicted octanol–water partition coefficient (Wildman–Crippen LogP) is 4.73. The Labute approximate surface area is 123 Å². The lowest BCUT2D eigenvalue weighted by Gasteiger charge is -2.14. The van der Waals surface area contributed by atoms with E-state index in [0.717, 1.165) is 22.1 Å². The second kappa shape index (κ2) is 5.70. The van der Waals surface area contributed by atoms with E-state index in [-0.39, 0.29) is 11.9 Å². The monoisotopic (exact) mass is 283 g/mol. The number of para-hydroxylation sites is 1. The zero-order chi connectivity index (χ0) is 14.8. The molecule has 108 valence electrons. The molecule has 2 aromatic carbocycles. The maximum absolute atomic E-state index is 13.6. The van der Waals surface area contributed by atoms with Crippen LogP contribution in [0.15, 0.2) is 53.1 Å². The third-order valence-electron chi connectivity index (χ3n) is 3.86. The molecule has 1 heterocycles. The zero-order valence-corrected chi connectivity index (χ0v) is 12.2. The predicted molar refractivity (Wildman–Crippen MR) is 82.6 cm³/mol. The summed E-state index contributed by atoms with van der Waals surface area (Å²) < 4.78 is 19.1. The molecule has 1 N–H and O–H groups in total. The molecule has 0 fully saturated rings. The summed E-state index contributed by atoms with van der Waals surface area (Å²) in [4.78, 5) is 0. The van der Waals surface area contributed by atoms with Gasteiger partial charge in [0, 0.05) is 23.5 Å². The molecule has 1 aromatic heterocycles. The Kier molecular flexibility index (Phi) is 3.76. The van der Waals surface area contributed by atoms with Crippen molar-refractivity contribution in [3.63, 3.8) is 0 Å². The summed E-state index contributed by atoms with van der Waals surface area (Å²) in [5.74, 6) is -0.157. The molecule has 0 radical (unpaired) electrons. The van der Waals surface area contributed by atoms with Crippen molar-refractivity contribution in [2.75, 3.05) is 0 Å². The number of aryl methyl sites for hydroxylation is 1. The molecule has 0 saturated heterocycles. The first-order valence-electron chi connectivity index (χ1n) is 7.09. The maximum atomic E-state index is 13.6. The maximum Gasteiger partial charge on any atom is 0.134 e. The first-order valence-corrected chi connectivity index (χ1v) is 7.09. The number of fused-ring (bicyclic) bond motifs is 1. The summed E-state index contributed by atoms with van der Waals surface area (Å²) in [7, 11) is 0. The Balaban J connectivity index is 1.73. The Bertz CT molecular complexity index is 763. The van der Waals surface area contributed by atoms with Gasteiger partial charge in [0.05, 0.1) is 6.26 Å². The van der Waals surface area contributed by atoms with Crippen LogP contribution >= 0.6 is 0 Å². The van der Waals surface area contributed by atoms with E-state index in [9.17, 15) is 4.39 Å². The highest BCUT2D eigenvalue weighted by atomic mass is 19.1. The highest BCUT2D eigenvalue weighted by Crippen LogP contribution is 2.22. The van der Waals surface area contributed by atoms with Crippen LogP contribution in [0.2, 0.25) is 0 Å². The van der Waals surface area contributed by atoms with Crippen molar-refractivity contribution in [1.82, 2.24) is 5.32 Å². The number of halogens is 1.